The first-order chi connectivity index (χ1) is 11.5. The zero-order valence-electron chi connectivity index (χ0n) is 12.4. The molecule has 0 bridgehead atoms. The SMILES string of the molecule is Cc1cc(-n2cncn2)ccc1C(=O)Nc1cc(F)cc(F)c1Br. The van der Waals surface area contributed by atoms with E-state index in [-0.39, 0.29) is 10.2 Å². The van der Waals surface area contributed by atoms with Gasteiger partial charge in [0.2, 0.25) is 0 Å². The predicted molar refractivity (Wildman–Crippen MR) is 88.1 cm³/mol. The molecule has 8 heteroatoms. The Balaban J connectivity index is 1.88. The highest BCUT2D eigenvalue weighted by atomic mass is 79.9. The maximum atomic E-state index is 13.5. The van der Waals surface area contributed by atoms with Gasteiger partial charge in [-0.2, -0.15) is 5.10 Å². The summed E-state index contributed by atoms with van der Waals surface area (Å²) < 4.78 is 28.4. The number of benzene rings is 2. The molecule has 2 aromatic carbocycles. The normalized spacial score (nSPS) is 10.7. The van der Waals surface area contributed by atoms with Gasteiger partial charge in [-0.05, 0) is 52.7 Å². The molecular weight excluding hydrogens is 382 g/mol. The van der Waals surface area contributed by atoms with E-state index >= 15 is 0 Å². The lowest BCUT2D eigenvalue weighted by Gasteiger charge is -2.11. The van der Waals surface area contributed by atoms with Crippen molar-refractivity contribution >= 4 is 27.5 Å². The van der Waals surface area contributed by atoms with Crippen molar-refractivity contribution in [2.75, 3.05) is 5.32 Å². The van der Waals surface area contributed by atoms with E-state index < -0.39 is 17.5 Å². The number of anilines is 1. The van der Waals surface area contributed by atoms with Crippen molar-refractivity contribution in [3.63, 3.8) is 0 Å². The summed E-state index contributed by atoms with van der Waals surface area (Å²) in [7, 11) is 0. The maximum absolute atomic E-state index is 13.5. The molecule has 0 saturated carbocycles. The van der Waals surface area contributed by atoms with E-state index in [9.17, 15) is 13.6 Å². The van der Waals surface area contributed by atoms with Crippen LogP contribution in [0.3, 0.4) is 0 Å². The number of amides is 1. The molecule has 0 aliphatic rings. The van der Waals surface area contributed by atoms with Gasteiger partial charge in [-0.3, -0.25) is 4.79 Å². The largest absolute Gasteiger partial charge is 0.321 e. The number of nitrogens with one attached hydrogen (secondary N) is 1. The Kier molecular flexibility index (Phi) is 4.39. The van der Waals surface area contributed by atoms with Crippen LogP contribution in [0.5, 0.6) is 0 Å². The summed E-state index contributed by atoms with van der Waals surface area (Å²) in [6.45, 7) is 1.76. The van der Waals surface area contributed by atoms with Crippen LogP contribution in [0.1, 0.15) is 15.9 Å². The van der Waals surface area contributed by atoms with Gasteiger partial charge in [-0.1, -0.05) is 0 Å². The number of hydrogen-bond donors (Lipinski definition) is 1. The first kappa shape index (κ1) is 16.3. The lowest BCUT2D eigenvalue weighted by Crippen LogP contribution is -2.14. The van der Waals surface area contributed by atoms with Crippen LogP contribution in [0.4, 0.5) is 14.5 Å². The number of rotatable bonds is 3. The van der Waals surface area contributed by atoms with Crippen LogP contribution in [0.25, 0.3) is 5.69 Å². The van der Waals surface area contributed by atoms with Gasteiger partial charge in [0.1, 0.15) is 24.3 Å². The second-order valence-corrected chi connectivity index (χ2v) is 5.84. The summed E-state index contributed by atoms with van der Waals surface area (Å²) in [6, 6.07) is 6.87. The molecule has 1 N–H and O–H groups in total. The van der Waals surface area contributed by atoms with Crippen LogP contribution in [0.2, 0.25) is 0 Å². The lowest BCUT2D eigenvalue weighted by molar-refractivity contribution is 0.102. The molecule has 24 heavy (non-hydrogen) atoms. The fraction of sp³-hybridized carbons (Fsp3) is 0.0625. The number of aryl methyl sites for hydroxylation is 1. The molecule has 1 aromatic heterocycles. The average molecular weight is 393 g/mol. The minimum atomic E-state index is -0.788. The molecule has 0 atom stereocenters. The van der Waals surface area contributed by atoms with Crippen molar-refractivity contribution in [2.24, 2.45) is 0 Å². The van der Waals surface area contributed by atoms with E-state index in [0.29, 0.717) is 11.1 Å². The number of aromatic nitrogens is 3. The van der Waals surface area contributed by atoms with Gasteiger partial charge in [0.25, 0.3) is 5.91 Å². The molecular formula is C16H11BrF2N4O. The zero-order chi connectivity index (χ0) is 17.3. The van der Waals surface area contributed by atoms with Gasteiger partial charge < -0.3 is 5.32 Å². The highest BCUT2D eigenvalue weighted by molar-refractivity contribution is 9.10. The van der Waals surface area contributed by atoms with Gasteiger partial charge >= 0.3 is 0 Å². The molecule has 122 valence electrons. The molecule has 0 aliphatic carbocycles. The van der Waals surface area contributed by atoms with Crippen LogP contribution in [-0.4, -0.2) is 20.7 Å². The molecule has 0 saturated heterocycles. The van der Waals surface area contributed by atoms with Crippen LogP contribution in [0, 0.1) is 18.6 Å². The third-order valence-electron chi connectivity index (χ3n) is 3.38. The second-order valence-electron chi connectivity index (χ2n) is 5.04. The van der Waals surface area contributed by atoms with Gasteiger partial charge in [-0.25, -0.2) is 18.4 Å². The fourth-order valence-corrected chi connectivity index (χ4v) is 2.55. The first-order valence-electron chi connectivity index (χ1n) is 6.87. The summed E-state index contributed by atoms with van der Waals surface area (Å²) in [5.74, 6) is -2.03. The summed E-state index contributed by atoms with van der Waals surface area (Å²) in [6.07, 6.45) is 2.95. The number of hydrogen-bond acceptors (Lipinski definition) is 3. The van der Waals surface area contributed by atoms with Crippen LogP contribution < -0.4 is 5.32 Å². The first-order valence-corrected chi connectivity index (χ1v) is 7.66. The minimum absolute atomic E-state index is 0.00543. The molecule has 3 rings (SSSR count). The predicted octanol–water partition coefficient (Wildman–Crippen LogP) is 3.87. The van der Waals surface area contributed by atoms with Gasteiger partial charge in [0.05, 0.1) is 15.8 Å². The van der Waals surface area contributed by atoms with E-state index in [1.54, 1.807) is 36.1 Å². The molecule has 0 aliphatic heterocycles. The summed E-state index contributed by atoms with van der Waals surface area (Å²) in [4.78, 5) is 16.3. The molecule has 5 nitrogen and oxygen atoms in total. The van der Waals surface area contributed by atoms with Gasteiger partial charge in [0.15, 0.2) is 0 Å². The maximum Gasteiger partial charge on any atom is 0.255 e. The minimum Gasteiger partial charge on any atom is -0.321 e. The molecule has 0 unspecified atom stereocenters. The molecule has 0 fully saturated rings. The Morgan fingerprint density at radius 1 is 1.25 bits per heavy atom. The number of carbonyl (C=O) groups excluding carboxylic acids is 1. The summed E-state index contributed by atoms with van der Waals surface area (Å²) in [5.41, 5.74) is 1.85. The molecule has 3 aromatic rings. The Bertz CT molecular complexity index is 913. The number of nitrogens with zero attached hydrogens (tertiary/aromatic N) is 3. The van der Waals surface area contributed by atoms with E-state index in [1.807, 2.05) is 0 Å². The second kappa shape index (κ2) is 6.48. The van der Waals surface area contributed by atoms with E-state index in [2.05, 4.69) is 31.3 Å². The monoisotopic (exact) mass is 392 g/mol. The molecule has 1 amide bonds. The molecule has 0 spiro atoms. The number of carbonyl (C=O) groups is 1. The van der Waals surface area contributed by atoms with Crippen molar-refractivity contribution in [1.29, 1.82) is 0 Å². The van der Waals surface area contributed by atoms with Crippen molar-refractivity contribution in [3.8, 4) is 5.69 Å². The van der Waals surface area contributed by atoms with Crippen LogP contribution in [0.15, 0.2) is 47.5 Å². The Hall–Kier alpha value is -2.61. The average Bonchev–Trinajstić information content (AvgIpc) is 3.06. The fourth-order valence-electron chi connectivity index (χ4n) is 2.22. The van der Waals surface area contributed by atoms with E-state index in [1.165, 1.54) is 6.33 Å². The zero-order valence-corrected chi connectivity index (χ0v) is 14.0. The Morgan fingerprint density at radius 3 is 2.71 bits per heavy atom. The smallest absolute Gasteiger partial charge is 0.255 e. The molecule has 0 radical (unpaired) electrons. The standard InChI is InChI=1S/C16H11BrF2N4O/c1-9-4-11(23-8-20-7-21-23)2-3-12(9)16(24)22-14-6-10(18)5-13(19)15(14)17/h2-8H,1H3,(H,22,24). The van der Waals surface area contributed by atoms with Crippen molar-refractivity contribution in [2.45, 2.75) is 6.92 Å². The van der Waals surface area contributed by atoms with Crippen LogP contribution >= 0.6 is 15.9 Å². The third kappa shape index (κ3) is 3.18. The van der Waals surface area contributed by atoms with Gasteiger partial charge in [-0.15, -0.1) is 0 Å². The van der Waals surface area contributed by atoms with Gasteiger partial charge in [0, 0.05) is 11.6 Å². The number of halogens is 3. The quantitative estimate of drug-likeness (QED) is 0.688. The van der Waals surface area contributed by atoms with Crippen molar-refractivity contribution in [3.05, 3.63) is 70.2 Å². The highest BCUT2D eigenvalue weighted by Gasteiger charge is 2.15. The van der Waals surface area contributed by atoms with E-state index in [4.69, 9.17) is 0 Å². The topological polar surface area (TPSA) is 59.8 Å². The van der Waals surface area contributed by atoms with Crippen molar-refractivity contribution < 1.29 is 13.6 Å². The third-order valence-corrected chi connectivity index (χ3v) is 4.19. The van der Waals surface area contributed by atoms with E-state index in [0.717, 1.165) is 17.8 Å². The summed E-state index contributed by atoms with van der Waals surface area (Å²) in [5, 5.41) is 6.52. The lowest BCUT2D eigenvalue weighted by atomic mass is 10.1. The van der Waals surface area contributed by atoms with Crippen molar-refractivity contribution in [1.82, 2.24) is 14.8 Å². The molecule has 1 heterocycles. The summed E-state index contributed by atoms with van der Waals surface area (Å²) >= 11 is 3.00. The Morgan fingerprint density at radius 2 is 2.04 bits per heavy atom. The Labute approximate surface area is 144 Å². The van der Waals surface area contributed by atoms with Crippen LogP contribution in [-0.2, 0) is 0 Å². The highest BCUT2D eigenvalue weighted by Crippen LogP contribution is 2.27.